The van der Waals surface area contributed by atoms with Crippen molar-refractivity contribution in [2.45, 2.75) is 0 Å². The predicted molar refractivity (Wildman–Crippen MR) is 218 cm³/mol. The Bertz CT molecular complexity index is 3140. The number of fused-ring (bicyclic) bond motifs is 9. The van der Waals surface area contributed by atoms with Gasteiger partial charge in [0.25, 0.3) is 0 Å². The molecule has 236 valence electrons. The van der Waals surface area contributed by atoms with Gasteiger partial charge in [-0.1, -0.05) is 158 Å². The zero-order chi connectivity index (χ0) is 33.5. The summed E-state index contributed by atoms with van der Waals surface area (Å²) >= 11 is 0. The van der Waals surface area contributed by atoms with Crippen molar-refractivity contribution in [3.8, 4) is 33.4 Å². The van der Waals surface area contributed by atoms with Gasteiger partial charge in [0, 0.05) is 10.8 Å². The summed E-state index contributed by atoms with van der Waals surface area (Å²) in [5, 5.41) is 14.8. The number of rotatable bonds is 3. The first kappa shape index (κ1) is 28.2. The SMILES string of the molecule is c1cc(-c2c3ccccc3c(-c3cccc4c3ccc3ccccc34)c3ccccc23)cc(-c2cccc3oc4cc5ccccc5cc4c23)c1. The minimum Gasteiger partial charge on any atom is -0.456 e. The fourth-order valence-corrected chi connectivity index (χ4v) is 8.58. The van der Waals surface area contributed by atoms with Gasteiger partial charge >= 0.3 is 0 Å². The van der Waals surface area contributed by atoms with Crippen LogP contribution >= 0.6 is 0 Å². The summed E-state index contributed by atoms with van der Waals surface area (Å²) in [6.07, 6.45) is 0. The number of hydrogen-bond donors (Lipinski definition) is 0. The van der Waals surface area contributed by atoms with Crippen LogP contribution in [0.5, 0.6) is 0 Å². The minimum absolute atomic E-state index is 0.909. The molecule has 0 fully saturated rings. The van der Waals surface area contributed by atoms with Crippen molar-refractivity contribution < 1.29 is 4.42 Å². The number of furan rings is 1. The summed E-state index contributed by atoms with van der Waals surface area (Å²) in [4.78, 5) is 0. The Morgan fingerprint density at radius 1 is 0.275 bits per heavy atom. The molecule has 0 bridgehead atoms. The molecule has 1 aromatic heterocycles. The first-order valence-electron chi connectivity index (χ1n) is 17.6. The van der Waals surface area contributed by atoms with E-state index in [1.165, 1.54) is 87.2 Å². The minimum atomic E-state index is 0.909. The van der Waals surface area contributed by atoms with Crippen LogP contribution in [-0.4, -0.2) is 0 Å². The highest BCUT2D eigenvalue weighted by Gasteiger charge is 2.19. The Morgan fingerprint density at radius 3 is 1.61 bits per heavy atom. The molecule has 10 aromatic carbocycles. The third-order valence-corrected chi connectivity index (χ3v) is 10.8. The van der Waals surface area contributed by atoms with Crippen molar-refractivity contribution in [1.29, 1.82) is 0 Å². The molecule has 0 aliphatic rings. The first-order valence-corrected chi connectivity index (χ1v) is 17.6. The van der Waals surface area contributed by atoms with E-state index in [9.17, 15) is 0 Å². The van der Waals surface area contributed by atoms with Gasteiger partial charge in [0.1, 0.15) is 11.2 Å². The Morgan fingerprint density at radius 2 is 0.843 bits per heavy atom. The van der Waals surface area contributed by atoms with E-state index in [0.717, 1.165) is 21.9 Å². The summed E-state index contributed by atoms with van der Waals surface area (Å²) in [7, 11) is 0. The summed E-state index contributed by atoms with van der Waals surface area (Å²) in [5.74, 6) is 0. The van der Waals surface area contributed by atoms with Crippen LogP contribution in [0.4, 0.5) is 0 Å². The molecule has 1 heterocycles. The third-order valence-electron chi connectivity index (χ3n) is 10.8. The van der Waals surface area contributed by atoms with Gasteiger partial charge in [0.2, 0.25) is 0 Å². The molecule has 0 radical (unpaired) electrons. The molecular formula is C50H30O. The van der Waals surface area contributed by atoms with Crippen LogP contribution < -0.4 is 0 Å². The van der Waals surface area contributed by atoms with Gasteiger partial charge in [-0.25, -0.2) is 0 Å². The van der Waals surface area contributed by atoms with Crippen molar-refractivity contribution >= 4 is 75.8 Å². The number of hydrogen-bond acceptors (Lipinski definition) is 1. The van der Waals surface area contributed by atoms with E-state index in [2.05, 4.69) is 182 Å². The number of benzene rings is 10. The molecule has 0 aliphatic carbocycles. The Labute approximate surface area is 294 Å². The average molecular weight is 647 g/mol. The quantitative estimate of drug-likeness (QED) is 0.138. The molecule has 0 spiro atoms. The smallest absolute Gasteiger partial charge is 0.136 e. The fraction of sp³-hybridized carbons (Fsp3) is 0. The van der Waals surface area contributed by atoms with Crippen molar-refractivity contribution in [1.82, 2.24) is 0 Å². The molecule has 1 nitrogen and oxygen atoms in total. The molecule has 0 amide bonds. The van der Waals surface area contributed by atoms with Crippen LogP contribution in [0.1, 0.15) is 0 Å². The fourth-order valence-electron chi connectivity index (χ4n) is 8.58. The standard InChI is InChI=1S/C50H30O/c1-2-14-33-30-47-45(29-32(33)13-1)50-37(22-11-25-46(50)51-47)34-15-9-16-35(28-34)48-41-18-5-7-20-43(41)49(44-21-8-6-19-42(44)48)40-24-10-23-38-36-17-4-3-12-31(36)26-27-39(38)40/h1-30H. The van der Waals surface area contributed by atoms with E-state index < -0.39 is 0 Å². The second-order valence-electron chi connectivity index (χ2n) is 13.6. The lowest BCUT2D eigenvalue weighted by Crippen LogP contribution is -1.92. The highest BCUT2D eigenvalue weighted by Crippen LogP contribution is 2.47. The van der Waals surface area contributed by atoms with Crippen LogP contribution in [0.15, 0.2) is 186 Å². The molecule has 0 saturated heterocycles. The van der Waals surface area contributed by atoms with Crippen LogP contribution in [0.2, 0.25) is 0 Å². The van der Waals surface area contributed by atoms with E-state index in [0.29, 0.717) is 0 Å². The third kappa shape index (κ3) is 4.22. The second kappa shape index (κ2) is 10.9. The molecule has 0 aliphatic heterocycles. The van der Waals surface area contributed by atoms with E-state index >= 15 is 0 Å². The maximum absolute atomic E-state index is 6.46. The second-order valence-corrected chi connectivity index (χ2v) is 13.6. The van der Waals surface area contributed by atoms with E-state index in [1.807, 2.05) is 0 Å². The van der Waals surface area contributed by atoms with Crippen LogP contribution in [0.3, 0.4) is 0 Å². The van der Waals surface area contributed by atoms with Gasteiger partial charge < -0.3 is 4.42 Å². The molecule has 11 rings (SSSR count). The molecule has 0 unspecified atom stereocenters. The van der Waals surface area contributed by atoms with E-state index in [-0.39, 0.29) is 0 Å². The monoisotopic (exact) mass is 646 g/mol. The largest absolute Gasteiger partial charge is 0.456 e. The summed E-state index contributed by atoms with van der Waals surface area (Å²) in [6.45, 7) is 0. The van der Waals surface area contributed by atoms with Gasteiger partial charge in [-0.2, -0.15) is 0 Å². The lowest BCUT2D eigenvalue weighted by Gasteiger charge is -2.19. The average Bonchev–Trinajstić information content (AvgIpc) is 3.56. The van der Waals surface area contributed by atoms with Gasteiger partial charge in [-0.05, 0) is 112 Å². The summed E-state index contributed by atoms with van der Waals surface area (Å²) in [5.41, 5.74) is 9.18. The highest BCUT2D eigenvalue weighted by atomic mass is 16.3. The van der Waals surface area contributed by atoms with E-state index in [4.69, 9.17) is 4.42 Å². The molecule has 1 heteroatoms. The Kier molecular flexibility index (Phi) is 6.02. The topological polar surface area (TPSA) is 13.1 Å². The highest BCUT2D eigenvalue weighted by molar-refractivity contribution is 6.25. The van der Waals surface area contributed by atoms with Crippen molar-refractivity contribution in [3.05, 3.63) is 182 Å². The Hall–Kier alpha value is -6.70. The van der Waals surface area contributed by atoms with Crippen molar-refractivity contribution in [3.63, 3.8) is 0 Å². The molecule has 51 heavy (non-hydrogen) atoms. The molecule has 11 aromatic rings. The van der Waals surface area contributed by atoms with Crippen LogP contribution in [-0.2, 0) is 0 Å². The summed E-state index contributed by atoms with van der Waals surface area (Å²) < 4.78 is 6.46. The zero-order valence-corrected chi connectivity index (χ0v) is 27.7. The predicted octanol–water partition coefficient (Wildman–Crippen LogP) is 14.4. The molecule has 0 atom stereocenters. The van der Waals surface area contributed by atoms with Crippen molar-refractivity contribution in [2.75, 3.05) is 0 Å². The maximum atomic E-state index is 6.46. The van der Waals surface area contributed by atoms with Crippen molar-refractivity contribution in [2.24, 2.45) is 0 Å². The molecule has 0 saturated carbocycles. The van der Waals surface area contributed by atoms with Gasteiger partial charge in [-0.15, -0.1) is 0 Å². The zero-order valence-electron chi connectivity index (χ0n) is 27.7. The molecule has 0 N–H and O–H groups in total. The maximum Gasteiger partial charge on any atom is 0.136 e. The Balaban J connectivity index is 1.17. The first-order chi connectivity index (χ1) is 25.3. The summed E-state index contributed by atoms with van der Waals surface area (Å²) in [6, 6.07) is 66.4. The van der Waals surface area contributed by atoms with Gasteiger partial charge in [0.15, 0.2) is 0 Å². The van der Waals surface area contributed by atoms with Crippen LogP contribution in [0, 0.1) is 0 Å². The lowest BCUT2D eigenvalue weighted by molar-refractivity contribution is 0.669. The van der Waals surface area contributed by atoms with Gasteiger partial charge in [0.05, 0.1) is 0 Å². The van der Waals surface area contributed by atoms with Gasteiger partial charge in [-0.3, -0.25) is 0 Å². The normalized spacial score (nSPS) is 11.9. The van der Waals surface area contributed by atoms with E-state index in [1.54, 1.807) is 0 Å². The van der Waals surface area contributed by atoms with Crippen LogP contribution in [0.25, 0.3) is 109 Å². The lowest BCUT2D eigenvalue weighted by atomic mass is 9.84. The molecular weight excluding hydrogens is 617 g/mol.